The third-order valence-electron chi connectivity index (χ3n) is 1.90. The molecule has 5 nitrogen and oxygen atoms in total. The summed E-state index contributed by atoms with van der Waals surface area (Å²) in [5.41, 5.74) is 0.755. The number of carbonyl (C=O) groups excluding carboxylic acids is 1. The van der Waals surface area contributed by atoms with Crippen molar-refractivity contribution in [2.75, 3.05) is 6.61 Å². The molecule has 2 rings (SSSR count). The van der Waals surface area contributed by atoms with Gasteiger partial charge in [0.25, 0.3) is 0 Å². The van der Waals surface area contributed by atoms with Crippen LogP contribution in [0.2, 0.25) is 0 Å². The Morgan fingerprint density at radius 1 is 1.79 bits per heavy atom. The third kappa shape index (κ3) is 1.37. The molecule has 1 unspecified atom stereocenters. The minimum atomic E-state index is -0.596. The van der Waals surface area contributed by atoms with Gasteiger partial charge in [-0.05, 0) is 6.92 Å². The van der Waals surface area contributed by atoms with E-state index in [9.17, 15) is 4.79 Å². The molecule has 0 saturated heterocycles. The van der Waals surface area contributed by atoms with E-state index in [1.807, 2.05) is 0 Å². The lowest BCUT2D eigenvalue weighted by Gasteiger charge is -2.22. The molecule has 0 aliphatic carbocycles. The highest BCUT2D eigenvalue weighted by atomic mass is 16.5. The Balaban J connectivity index is 2.12. The number of nitrogens with zero attached hydrogens (tertiary/aromatic N) is 2. The summed E-state index contributed by atoms with van der Waals surface area (Å²) < 4.78 is 9.82. The number of ether oxygens (including phenoxy) is 2. The predicted octanol–water partition coefficient (Wildman–Crippen LogP) is 0.605. The van der Waals surface area contributed by atoms with Crippen molar-refractivity contribution in [3.63, 3.8) is 0 Å². The Morgan fingerprint density at radius 3 is 3.43 bits per heavy atom. The van der Waals surface area contributed by atoms with E-state index >= 15 is 0 Å². The zero-order chi connectivity index (χ0) is 9.97. The summed E-state index contributed by atoms with van der Waals surface area (Å²) in [6.07, 6.45) is 5.67. The van der Waals surface area contributed by atoms with Crippen LogP contribution >= 0.6 is 0 Å². The second-order valence-corrected chi connectivity index (χ2v) is 2.78. The molecule has 0 amide bonds. The van der Waals surface area contributed by atoms with Crippen LogP contribution in [-0.2, 0) is 14.3 Å². The SMILES string of the molecule is CCOC(=O)C1N=CC2=COC=CN21. The van der Waals surface area contributed by atoms with Crippen molar-refractivity contribution in [1.82, 2.24) is 4.90 Å². The van der Waals surface area contributed by atoms with Gasteiger partial charge in [0.05, 0.1) is 18.5 Å². The minimum absolute atomic E-state index is 0.348. The van der Waals surface area contributed by atoms with Crippen LogP contribution in [0.5, 0.6) is 0 Å². The Kier molecular flexibility index (Phi) is 2.22. The van der Waals surface area contributed by atoms with E-state index in [0.717, 1.165) is 5.70 Å². The van der Waals surface area contributed by atoms with Crippen LogP contribution in [0.4, 0.5) is 0 Å². The van der Waals surface area contributed by atoms with Crippen molar-refractivity contribution in [3.8, 4) is 0 Å². The number of hydrogen-bond donors (Lipinski definition) is 0. The standard InChI is InChI=1S/C9H10N2O3/c1-2-14-9(12)8-10-5-7-6-13-4-3-11(7)8/h3-6,8H,2H2,1H3. The number of hydrogen-bond acceptors (Lipinski definition) is 5. The van der Waals surface area contributed by atoms with Gasteiger partial charge in [-0.25, -0.2) is 4.79 Å². The quantitative estimate of drug-likeness (QED) is 0.604. The normalized spacial score (nSPS) is 22.8. The van der Waals surface area contributed by atoms with E-state index in [1.165, 1.54) is 12.5 Å². The van der Waals surface area contributed by atoms with E-state index in [1.54, 1.807) is 24.2 Å². The van der Waals surface area contributed by atoms with Crippen LogP contribution < -0.4 is 0 Å². The molecule has 2 heterocycles. The first-order chi connectivity index (χ1) is 6.83. The smallest absolute Gasteiger partial charge is 0.352 e. The minimum Gasteiger partial charge on any atom is -0.469 e. The molecule has 0 radical (unpaired) electrons. The molecule has 2 aliphatic heterocycles. The summed E-state index contributed by atoms with van der Waals surface area (Å²) in [6.45, 7) is 2.13. The maximum absolute atomic E-state index is 11.4. The number of esters is 1. The molecule has 0 aromatic heterocycles. The van der Waals surface area contributed by atoms with Crippen LogP contribution in [0.25, 0.3) is 0 Å². The Morgan fingerprint density at radius 2 is 2.64 bits per heavy atom. The molecular weight excluding hydrogens is 184 g/mol. The number of fused-ring (bicyclic) bond motifs is 1. The lowest BCUT2D eigenvalue weighted by atomic mass is 10.4. The van der Waals surface area contributed by atoms with Crippen LogP contribution in [0, 0.1) is 0 Å². The van der Waals surface area contributed by atoms with Gasteiger partial charge in [-0.2, -0.15) is 0 Å². The molecule has 2 aliphatic rings. The topological polar surface area (TPSA) is 51.1 Å². The number of aliphatic imine (C=N–C) groups is 1. The van der Waals surface area contributed by atoms with Crippen molar-refractivity contribution in [3.05, 3.63) is 24.4 Å². The highest BCUT2D eigenvalue weighted by Crippen LogP contribution is 2.20. The van der Waals surface area contributed by atoms with Gasteiger partial charge in [-0.1, -0.05) is 0 Å². The Hall–Kier alpha value is -1.78. The third-order valence-corrected chi connectivity index (χ3v) is 1.90. The van der Waals surface area contributed by atoms with E-state index in [0.29, 0.717) is 6.61 Å². The lowest BCUT2D eigenvalue weighted by Crippen LogP contribution is -2.33. The van der Waals surface area contributed by atoms with Gasteiger partial charge in [0.1, 0.15) is 12.5 Å². The summed E-state index contributed by atoms with van der Waals surface area (Å²) in [5, 5.41) is 0. The second kappa shape index (κ2) is 3.53. The van der Waals surface area contributed by atoms with Gasteiger partial charge in [0.15, 0.2) is 0 Å². The number of carbonyl (C=O) groups is 1. The molecule has 1 atom stereocenters. The first kappa shape index (κ1) is 8.80. The average Bonchev–Trinajstić information content (AvgIpc) is 2.61. The maximum atomic E-state index is 11.4. The molecule has 0 bridgehead atoms. The zero-order valence-electron chi connectivity index (χ0n) is 7.71. The van der Waals surface area contributed by atoms with E-state index in [2.05, 4.69) is 4.99 Å². The molecule has 0 saturated carbocycles. The van der Waals surface area contributed by atoms with Gasteiger partial charge >= 0.3 is 5.97 Å². The Bertz CT molecular complexity index is 333. The first-order valence-corrected chi connectivity index (χ1v) is 4.33. The van der Waals surface area contributed by atoms with Crippen LogP contribution in [0.1, 0.15) is 6.92 Å². The van der Waals surface area contributed by atoms with Gasteiger partial charge in [0.2, 0.25) is 6.17 Å². The summed E-state index contributed by atoms with van der Waals surface area (Å²) >= 11 is 0. The van der Waals surface area contributed by atoms with Crippen molar-refractivity contribution in [2.45, 2.75) is 13.1 Å². The summed E-state index contributed by atoms with van der Waals surface area (Å²) in [5.74, 6) is -0.348. The highest BCUT2D eigenvalue weighted by molar-refractivity contribution is 5.88. The second-order valence-electron chi connectivity index (χ2n) is 2.78. The molecule has 0 aromatic carbocycles. The first-order valence-electron chi connectivity index (χ1n) is 4.33. The van der Waals surface area contributed by atoms with Gasteiger partial charge in [-0.3, -0.25) is 4.99 Å². The fourth-order valence-corrected chi connectivity index (χ4v) is 1.29. The highest BCUT2D eigenvalue weighted by Gasteiger charge is 2.31. The van der Waals surface area contributed by atoms with Crippen molar-refractivity contribution in [1.29, 1.82) is 0 Å². The zero-order valence-corrected chi connectivity index (χ0v) is 7.71. The van der Waals surface area contributed by atoms with Crippen LogP contribution in [0.3, 0.4) is 0 Å². The molecule has 0 fully saturated rings. The van der Waals surface area contributed by atoms with Crippen molar-refractivity contribution in [2.24, 2.45) is 4.99 Å². The molecule has 0 N–H and O–H groups in total. The van der Waals surface area contributed by atoms with Gasteiger partial charge in [-0.15, -0.1) is 0 Å². The number of allylic oxidation sites excluding steroid dienone is 1. The maximum Gasteiger partial charge on any atom is 0.352 e. The summed E-state index contributed by atoms with van der Waals surface area (Å²) in [7, 11) is 0. The average molecular weight is 194 g/mol. The molecule has 5 heteroatoms. The van der Waals surface area contributed by atoms with Crippen LogP contribution in [-0.4, -0.2) is 29.9 Å². The molecule has 14 heavy (non-hydrogen) atoms. The number of rotatable bonds is 2. The monoisotopic (exact) mass is 194 g/mol. The van der Waals surface area contributed by atoms with E-state index < -0.39 is 6.17 Å². The predicted molar refractivity (Wildman–Crippen MR) is 49.1 cm³/mol. The van der Waals surface area contributed by atoms with Gasteiger partial charge in [0, 0.05) is 6.20 Å². The molecule has 0 spiro atoms. The van der Waals surface area contributed by atoms with Crippen molar-refractivity contribution < 1.29 is 14.3 Å². The lowest BCUT2D eigenvalue weighted by molar-refractivity contribution is -0.147. The molecular formula is C9H10N2O3. The largest absolute Gasteiger partial charge is 0.469 e. The van der Waals surface area contributed by atoms with Crippen LogP contribution in [0.15, 0.2) is 29.4 Å². The molecule has 0 aromatic rings. The van der Waals surface area contributed by atoms with Gasteiger partial charge < -0.3 is 14.4 Å². The fourth-order valence-electron chi connectivity index (χ4n) is 1.29. The molecule has 74 valence electrons. The Labute approximate surface area is 81.3 Å². The summed E-state index contributed by atoms with van der Waals surface area (Å²) in [6, 6.07) is 0. The van der Waals surface area contributed by atoms with Crippen molar-refractivity contribution >= 4 is 12.2 Å². The summed E-state index contributed by atoms with van der Waals surface area (Å²) in [4.78, 5) is 17.1. The van der Waals surface area contributed by atoms with E-state index in [-0.39, 0.29) is 5.97 Å². The fraction of sp³-hybridized carbons (Fsp3) is 0.333. The van der Waals surface area contributed by atoms with E-state index in [4.69, 9.17) is 9.47 Å².